The highest BCUT2D eigenvalue weighted by atomic mass is 35.5. The zero-order chi connectivity index (χ0) is 14.8. The molecule has 0 amide bonds. The Morgan fingerprint density at radius 2 is 2.38 bits per heavy atom. The van der Waals surface area contributed by atoms with E-state index in [0.717, 1.165) is 48.3 Å². The SMILES string of the molecule is C[C@H](N)c1cc2cccc(Cl)c2nc1NCC1CCCO1. The largest absolute Gasteiger partial charge is 0.376 e. The van der Waals surface area contributed by atoms with Gasteiger partial charge in [-0.3, -0.25) is 0 Å². The second-order valence-corrected chi connectivity index (χ2v) is 5.95. The molecule has 4 nitrogen and oxygen atoms in total. The summed E-state index contributed by atoms with van der Waals surface area (Å²) in [5, 5.41) is 5.05. The Kier molecular flexibility index (Phi) is 4.29. The molecule has 0 aliphatic carbocycles. The molecule has 0 saturated carbocycles. The molecule has 1 saturated heterocycles. The van der Waals surface area contributed by atoms with Crippen molar-refractivity contribution in [3.63, 3.8) is 0 Å². The summed E-state index contributed by atoms with van der Waals surface area (Å²) in [6, 6.07) is 7.76. The molecule has 112 valence electrons. The molecular weight excluding hydrogens is 286 g/mol. The summed E-state index contributed by atoms with van der Waals surface area (Å²) < 4.78 is 5.64. The third-order valence-corrected chi connectivity index (χ3v) is 4.14. The smallest absolute Gasteiger partial charge is 0.131 e. The molecule has 5 heteroatoms. The standard InChI is InChI=1S/C16H20ClN3O/c1-10(18)13-8-11-4-2-6-14(17)15(11)20-16(13)19-9-12-5-3-7-21-12/h2,4,6,8,10,12H,3,5,7,9,18H2,1H3,(H,19,20)/t10-,12?/m0/s1. The monoisotopic (exact) mass is 305 g/mol. The lowest BCUT2D eigenvalue weighted by Crippen LogP contribution is -2.21. The highest BCUT2D eigenvalue weighted by Gasteiger charge is 2.17. The number of rotatable bonds is 4. The lowest BCUT2D eigenvalue weighted by molar-refractivity contribution is 0.120. The molecule has 1 aromatic heterocycles. The van der Waals surface area contributed by atoms with Gasteiger partial charge in [0.15, 0.2) is 0 Å². The molecule has 1 fully saturated rings. The molecule has 2 heterocycles. The van der Waals surface area contributed by atoms with Crippen LogP contribution in [0, 0.1) is 0 Å². The zero-order valence-corrected chi connectivity index (χ0v) is 12.9. The van der Waals surface area contributed by atoms with E-state index in [0.29, 0.717) is 5.02 Å². The van der Waals surface area contributed by atoms with Crippen LogP contribution in [0.1, 0.15) is 31.4 Å². The number of benzene rings is 1. The normalized spacial score (nSPS) is 19.9. The average Bonchev–Trinajstić information content (AvgIpc) is 2.98. The summed E-state index contributed by atoms with van der Waals surface area (Å²) in [6.07, 6.45) is 2.48. The molecule has 3 rings (SSSR count). The number of ether oxygens (including phenoxy) is 1. The van der Waals surface area contributed by atoms with Crippen molar-refractivity contribution in [2.45, 2.75) is 31.9 Å². The van der Waals surface area contributed by atoms with Gasteiger partial charge >= 0.3 is 0 Å². The van der Waals surface area contributed by atoms with Crippen LogP contribution in [0.3, 0.4) is 0 Å². The number of halogens is 1. The van der Waals surface area contributed by atoms with Crippen molar-refractivity contribution in [3.05, 3.63) is 34.9 Å². The highest BCUT2D eigenvalue weighted by Crippen LogP contribution is 2.29. The van der Waals surface area contributed by atoms with E-state index in [1.807, 2.05) is 25.1 Å². The zero-order valence-electron chi connectivity index (χ0n) is 12.1. The summed E-state index contributed by atoms with van der Waals surface area (Å²) >= 11 is 6.24. The number of nitrogens with zero attached hydrogens (tertiary/aromatic N) is 1. The predicted octanol–water partition coefficient (Wildman–Crippen LogP) is 3.50. The van der Waals surface area contributed by atoms with E-state index in [1.165, 1.54) is 0 Å². The van der Waals surface area contributed by atoms with Gasteiger partial charge in [-0.05, 0) is 31.9 Å². The van der Waals surface area contributed by atoms with Crippen LogP contribution in [0.5, 0.6) is 0 Å². The van der Waals surface area contributed by atoms with Crippen LogP contribution in [0.15, 0.2) is 24.3 Å². The Hall–Kier alpha value is -1.36. The van der Waals surface area contributed by atoms with Crippen LogP contribution >= 0.6 is 11.6 Å². The number of para-hydroxylation sites is 1. The Morgan fingerprint density at radius 1 is 1.52 bits per heavy atom. The molecule has 2 atom stereocenters. The first-order chi connectivity index (χ1) is 10.1. The van der Waals surface area contributed by atoms with Crippen molar-refractivity contribution in [2.75, 3.05) is 18.5 Å². The second-order valence-electron chi connectivity index (χ2n) is 5.54. The van der Waals surface area contributed by atoms with Crippen LogP contribution in [0.4, 0.5) is 5.82 Å². The molecule has 1 aliphatic rings. The van der Waals surface area contributed by atoms with Gasteiger partial charge in [-0.15, -0.1) is 0 Å². The molecule has 21 heavy (non-hydrogen) atoms. The highest BCUT2D eigenvalue weighted by molar-refractivity contribution is 6.35. The third-order valence-electron chi connectivity index (χ3n) is 3.84. The molecule has 0 spiro atoms. The van der Waals surface area contributed by atoms with E-state index in [2.05, 4.69) is 16.4 Å². The lowest BCUT2D eigenvalue weighted by Gasteiger charge is -2.17. The van der Waals surface area contributed by atoms with E-state index >= 15 is 0 Å². The van der Waals surface area contributed by atoms with Crippen molar-refractivity contribution in [1.82, 2.24) is 4.98 Å². The maximum Gasteiger partial charge on any atom is 0.131 e. The lowest BCUT2D eigenvalue weighted by atomic mass is 10.1. The number of nitrogens with two attached hydrogens (primary N) is 1. The van der Waals surface area contributed by atoms with Crippen molar-refractivity contribution in [3.8, 4) is 0 Å². The van der Waals surface area contributed by atoms with Gasteiger partial charge < -0.3 is 15.8 Å². The molecule has 2 aromatic rings. The van der Waals surface area contributed by atoms with Gasteiger partial charge in [0.05, 0.1) is 16.6 Å². The van der Waals surface area contributed by atoms with Gasteiger partial charge in [-0.25, -0.2) is 4.98 Å². The summed E-state index contributed by atoms with van der Waals surface area (Å²) in [6.45, 7) is 3.57. The quantitative estimate of drug-likeness (QED) is 0.907. The van der Waals surface area contributed by atoms with E-state index in [1.54, 1.807) is 0 Å². The van der Waals surface area contributed by atoms with Crippen molar-refractivity contribution in [1.29, 1.82) is 0 Å². The molecular formula is C16H20ClN3O. The van der Waals surface area contributed by atoms with Gasteiger partial charge in [0.1, 0.15) is 5.82 Å². The summed E-state index contributed by atoms with van der Waals surface area (Å²) in [4.78, 5) is 4.68. The minimum atomic E-state index is -0.0899. The number of aromatic nitrogens is 1. The van der Waals surface area contributed by atoms with E-state index < -0.39 is 0 Å². The number of fused-ring (bicyclic) bond motifs is 1. The summed E-state index contributed by atoms with van der Waals surface area (Å²) in [5.41, 5.74) is 7.89. The predicted molar refractivity (Wildman–Crippen MR) is 86.8 cm³/mol. The van der Waals surface area contributed by atoms with Gasteiger partial charge in [-0.2, -0.15) is 0 Å². The van der Waals surface area contributed by atoms with E-state index in [9.17, 15) is 0 Å². The van der Waals surface area contributed by atoms with Crippen LogP contribution in [0.2, 0.25) is 5.02 Å². The fraction of sp³-hybridized carbons (Fsp3) is 0.438. The van der Waals surface area contributed by atoms with Crippen LogP contribution < -0.4 is 11.1 Å². The Labute approximate surface area is 129 Å². The number of hydrogen-bond donors (Lipinski definition) is 2. The third kappa shape index (κ3) is 3.12. The maximum absolute atomic E-state index is 6.24. The number of anilines is 1. The topological polar surface area (TPSA) is 60.2 Å². The fourth-order valence-corrected chi connectivity index (χ4v) is 2.91. The first-order valence-electron chi connectivity index (χ1n) is 7.35. The van der Waals surface area contributed by atoms with Gasteiger partial charge in [-0.1, -0.05) is 23.7 Å². The number of pyridine rings is 1. The minimum absolute atomic E-state index is 0.0899. The molecule has 0 bridgehead atoms. The fourth-order valence-electron chi connectivity index (χ4n) is 2.68. The Morgan fingerprint density at radius 3 is 3.10 bits per heavy atom. The maximum atomic E-state index is 6.24. The summed E-state index contributed by atoms with van der Waals surface area (Å²) in [5.74, 6) is 0.807. The number of hydrogen-bond acceptors (Lipinski definition) is 4. The summed E-state index contributed by atoms with van der Waals surface area (Å²) in [7, 11) is 0. The molecule has 3 N–H and O–H groups in total. The van der Waals surface area contributed by atoms with Crippen molar-refractivity contribution in [2.24, 2.45) is 5.73 Å². The minimum Gasteiger partial charge on any atom is -0.376 e. The molecule has 0 radical (unpaired) electrons. The van der Waals surface area contributed by atoms with Gasteiger partial charge in [0.25, 0.3) is 0 Å². The second kappa shape index (κ2) is 6.18. The first-order valence-corrected chi connectivity index (χ1v) is 7.73. The van der Waals surface area contributed by atoms with Crippen LogP contribution in [-0.2, 0) is 4.74 Å². The number of nitrogens with one attached hydrogen (secondary N) is 1. The Balaban J connectivity index is 1.93. The molecule has 1 unspecified atom stereocenters. The van der Waals surface area contributed by atoms with Gasteiger partial charge in [0.2, 0.25) is 0 Å². The van der Waals surface area contributed by atoms with Crippen molar-refractivity contribution >= 4 is 28.3 Å². The Bertz CT molecular complexity index is 639. The van der Waals surface area contributed by atoms with E-state index in [-0.39, 0.29) is 12.1 Å². The molecule has 1 aliphatic heterocycles. The van der Waals surface area contributed by atoms with Gasteiger partial charge in [0, 0.05) is 30.1 Å². The first kappa shape index (κ1) is 14.6. The van der Waals surface area contributed by atoms with Crippen molar-refractivity contribution < 1.29 is 4.74 Å². The van der Waals surface area contributed by atoms with Crippen LogP contribution in [0.25, 0.3) is 10.9 Å². The average molecular weight is 306 g/mol. The molecule has 1 aromatic carbocycles. The van der Waals surface area contributed by atoms with Crippen LogP contribution in [-0.4, -0.2) is 24.2 Å². The van der Waals surface area contributed by atoms with E-state index in [4.69, 9.17) is 22.1 Å².